The summed E-state index contributed by atoms with van der Waals surface area (Å²) in [6.07, 6.45) is 8.82. The Kier molecular flexibility index (Phi) is 2.39. The van der Waals surface area contributed by atoms with Crippen molar-refractivity contribution < 1.29 is 0 Å². The molecule has 4 heteroatoms. The number of pyridine rings is 1. The van der Waals surface area contributed by atoms with Crippen LogP contribution in [0, 0.1) is 0 Å². The molecule has 16 heavy (non-hydrogen) atoms. The van der Waals surface area contributed by atoms with Gasteiger partial charge in [-0.3, -0.25) is 4.79 Å². The molecule has 0 aromatic carbocycles. The lowest BCUT2D eigenvalue weighted by Crippen LogP contribution is -2.07. The topological polar surface area (TPSA) is 37.8 Å². The fourth-order valence-electron chi connectivity index (χ4n) is 2.65. The maximum absolute atomic E-state index is 11.7. The number of aromatic nitrogens is 2. The third kappa shape index (κ3) is 1.44. The highest BCUT2D eigenvalue weighted by atomic mass is 79.9. The highest BCUT2D eigenvalue weighted by Gasteiger charge is 2.20. The lowest BCUT2D eigenvalue weighted by atomic mass is 10.2. The highest BCUT2D eigenvalue weighted by Crippen LogP contribution is 2.34. The number of rotatable bonds is 1. The van der Waals surface area contributed by atoms with Crippen molar-refractivity contribution in [3.63, 3.8) is 0 Å². The zero-order chi connectivity index (χ0) is 11.1. The molecule has 0 unspecified atom stereocenters. The van der Waals surface area contributed by atoms with E-state index in [9.17, 15) is 4.79 Å². The molecule has 0 bridgehead atoms. The number of aromatic amines is 1. The van der Waals surface area contributed by atoms with E-state index in [0.717, 1.165) is 15.4 Å². The summed E-state index contributed by atoms with van der Waals surface area (Å²) >= 11 is 3.47. The number of halogens is 1. The van der Waals surface area contributed by atoms with E-state index in [1.54, 1.807) is 6.20 Å². The molecule has 0 amide bonds. The smallest absolute Gasteiger partial charge is 0.258 e. The number of nitrogens with zero attached hydrogens (tertiary/aromatic N) is 1. The Bertz CT molecular complexity index is 578. The van der Waals surface area contributed by atoms with Crippen LogP contribution in [0.15, 0.2) is 27.7 Å². The third-order valence-electron chi connectivity index (χ3n) is 3.43. The van der Waals surface area contributed by atoms with Gasteiger partial charge < -0.3 is 9.55 Å². The molecular formula is C12H13BrN2O. The van der Waals surface area contributed by atoms with E-state index in [-0.39, 0.29) is 5.56 Å². The van der Waals surface area contributed by atoms with Crippen molar-refractivity contribution in [3.8, 4) is 0 Å². The molecule has 84 valence electrons. The summed E-state index contributed by atoms with van der Waals surface area (Å²) in [5.41, 5.74) is 1.03. The van der Waals surface area contributed by atoms with Crippen LogP contribution in [0.1, 0.15) is 31.7 Å². The predicted molar refractivity (Wildman–Crippen MR) is 67.8 cm³/mol. The van der Waals surface area contributed by atoms with Gasteiger partial charge in [-0.15, -0.1) is 0 Å². The Labute approximate surface area is 102 Å². The first kappa shape index (κ1) is 10.1. The minimum absolute atomic E-state index is 0.0129. The maximum Gasteiger partial charge on any atom is 0.258 e. The maximum atomic E-state index is 11.7. The van der Waals surface area contributed by atoms with E-state index in [0.29, 0.717) is 6.04 Å². The fraction of sp³-hybridized carbons (Fsp3) is 0.417. The van der Waals surface area contributed by atoms with E-state index in [4.69, 9.17) is 0 Å². The predicted octanol–water partition coefficient (Wildman–Crippen LogP) is 3.21. The summed E-state index contributed by atoms with van der Waals surface area (Å²) in [4.78, 5) is 14.4. The molecule has 2 aromatic heterocycles. The van der Waals surface area contributed by atoms with Gasteiger partial charge in [-0.2, -0.15) is 0 Å². The number of nitrogens with one attached hydrogen (secondary N) is 1. The van der Waals surface area contributed by atoms with Crippen molar-refractivity contribution in [2.45, 2.75) is 31.7 Å². The summed E-state index contributed by atoms with van der Waals surface area (Å²) < 4.78 is 3.15. The van der Waals surface area contributed by atoms with E-state index in [2.05, 4.69) is 31.7 Å². The second-order valence-electron chi connectivity index (χ2n) is 4.39. The molecule has 1 aliphatic carbocycles. The molecule has 0 spiro atoms. The van der Waals surface area contributed by atoms with Crippen molar-refractivity contribution in [3.05, 3.63) is 33.3 Å². The van der Waals surface area contributed by atoms with Crippen LogP contribution in [-0.4, -0.2) is 9.55 Å². The fourth-order valence-corrected chi connectivity index (χ4v) is 3.26. The molecule has 0 aliphatic heterocycles. The zero-order valence-electron chi connectivity index (χ0n) is 8.87. The SMILES string of the molecule is O=c1[nH]ccc2c1c(Br)cn2C1CCCC1. The first-order valence-electron chi connectivity index (χ1n) is 5.65. The largest absolute Gasteiger partial charge is 0.343 e. The Morgan fingerprint density at radius 3 is 2.88 bits per heavy atom. The molecule has 1 N–H and O–H groups in total. The summed E-state index contributed by atoms with van der Waals surface area (Å²) in [5.74, 6) is 0. The minimum Gasteiger partial charge on any atom is -0.343 e. The quantitative estimate of drug-likeness (QED) is 0.856. The molecular weight excluding hydrogens is 268 g/mol. The van der Waals surface area contributed by atoms with E-state index >= 15 is 0 Å². The van der Waals surface area contributed by atoms with Crippen LogP contribution in [-0.2, 0) is 0 Å². The van der Waals surface area contributed by atoms with Crippen molar-refractivity contribution in [1.29, 1.82) is 0 Å². The lowest BCUT2D eigenvalue weighted by molar-refractivity contribution is 0.535. The monoisotopic (exact) mass is 280 g/mol. The van der Waals surface area contributed by atoms with Crippen LogP contribution in [0.2, 0.25) is 0 Å². The van der Waals surface area contributed by atoms with Crippen LogP contribution in [0.3, 0.4) is 0 Å². The van der Waals surface area contributed by atoms with Crippen LogP contribution in [0.25, 0.3) is 10.9 Å². The van der Waals surface area contributed by atoms with Crippen molar-refractivity contribution in [2.75, 3.05) is 0 Å². The Morgan fingerprint density at radius 1 is 1.38 bits per heavy atom. The van der Waals surface area contributed by atoms with Gasteiger partial charge in [0.1, 0.15) is 0 Å². The molecule has 3 rings (SSSR count). The van der Waals surface area contributed by atoms with Gasteiger partial charge in [-0.05, 0) is 34.8 Å². The number of H-pyrrole nitrogens is 1. The first-order chi connectivity index (χ1) is 7.77. The molecule has 0 radical (unpaired) electrons. The minimum atomic E-state index is -0.0129. The summed E-state index contributed by atoms with van der Waals surface area (Å²) in [6.45, 7) is 0. The standard InChI is InChI=1S/C12H13BrN2O/c13-9-7-15(8-3-1-2-4-8)10-5-6-14-12(16)11(9)10/h5-8H,1-4H2,(H,14,16). The van der Waals surface area contributed by atoms with Gasteiger partial charge in [-0.1, -0.05) is 12.8 Å². The van der Waals surface area contributed by atoms with Gasteiger partial charge in [0, 0.05) is 22.9 Å². The van der Waals surface area contributed by atoms with Gasteiger partial charge in [0.2, 0.25) is 0 Å². The van der Waals surface area contributed by atoms with Crippen LogP contribution >= 0.6 is 15.9 Å². The van der Waals surface area contributed by atoms with Crippen LogP contribution in [0.4, 0.5) is 0 Å². The van der Waals surface area contributed by atoms with E-state index in [1.165, 1.54) is 25.7 Å². The van der Waals surface area contributed by atoms with E-state index in [1.807, 2.05) is 6.07 Å². The molecule has 1 aliphatic rings. The van der Waals surface area contributed by atoms with Gasteiger partial charge in [0.15, 0.2) is 0 Å². The number of hydrogen-bond donors (Lipinski definition) is 1. The van der Waals surface area contributed by atoms with Gasteiger partial charge in [-0.25, -0.2) is 0 Å². The molecule has 0 saturated heterocycles. The Morgan fingerprint density at radius 2 is 2.12 bits per heavy atom. The summed E-state index contributed by atoms with van der Waals surface area (Å²) in [6, 6.07) is 2.55. The first-order valence-corrected chi connectivity index (χ1v) is 6.44. The van der Waals surface area contributed by atoms with E-state index < -0.39 is 0 Å². The van der Waals surface area contributed by atoms with Crippen LogP contribution in [0.5, 0.6) is 0 Å². The normalized spacial score (nSPS) is 17.3. The lowest BCUT2D eigenvalue weighted by Gasteiger charge is -2.12. The number of hydrogen-bond acceptors (Lipinski definition) is 1. The summed E-state index contributed by atoms with van der Waals surface area (Å²) in [5, 5.41) is 0.773. The summed E-state index contributed by atoms with van der Waals surface area (Å²) in [7, 11) is 0. The van der Waals surface area contributed by atoms with Gasteiger partial charge >= 0.3 is 0 Å². The van der Waals surface area contributed by atoms with Crippen molar-refractivity contribution >= 4 is 26.8 Å². The van der Waals surface area contributed by atoms with Crippen LogP contribution < -0.4 is 5.56 Å². The van der Waals surface area contributed by atoms with Gasteiger partial charge in [0.25, 0.3) is 5.56 Å². The third-order valence-corrected chi connectivity index (χ3v) is 4.03. The second kappa shape index (κ2) is 3.77. The van der Waals surface area contributed by atoms with Crippen molar-refractivity contribution in [2.24, 2.45) is 0 Å². The molecule has 3 nitrogen and oxygen atoms in total. The zero-order valence-corrected chi connectivity index (χ0v) is 10.5. The average Bonchev–Trinajstić information content (AvgIpc) is 2.86. The molecule has 1 saturated carbocycles. The van der Waals surface area contributed by atoms with Gasteiger partial charge in [0.05, 0.1) is 10.9 Å². The molecule has 1 fully saturated rings. The molecule has 2 heterocycles. The Hall–Kier alpha value is -1.03. The number of fused-ring (bicyclic) bond motifs is 1. The Balaban J connectivity index is 2.26. The molecule has 0 atom stereocenters. The highest BCUT2D eigenvalue weighted by molar-refractivity contribution is 9.10. The second-order valence-corrected chi connectivity index (χ2v) is 5.24. The van der Waals surface area contributed by atoms with Crippen molar-refractivity contribution in [1.82, 2.24) is 9.55 Å². The average molecular weight is 281 g/mol. The molecule has 2 aromatic rings.